The molecule has 1 aromatic heterocycles. The Hall–Kier alpha value is -1.98. The van der Waals surface area contributed by atoms with Gasteiger partial charge in [-0.05, 0) is 24.6 Å². The van der Waals surface area contributed by atoms with Crippen molar-refractivity contribution in [2.75, 3.05) is 18.0 Å². The van der Waals surface area contributed by atoms with Crippen LogP contribution < -0.4 is 10.6 Å². The van der Waals surface area contributed by atoms with E-state index in [-0.39, 0.29) is 18.1 Å². The predicted molar refractivity (Wildman–Crippen MR) is 56.6 cm³/mol. The molecule has 0 radical (unpaired) electrons. The van der Waals surface area contributed by atoms with E-state index < -0.39 is 5.91 Å². The minimum Gasteiger partial charge on any atom is -0.364 e. The number of nitrogens with two attached hydrogens (primary N) is 1. The maximum Gasteiger partial charge on any atom is 0.269 e. The van der Waals surface area contributed by atoms with E-state index in [0.717, 1.165) is 0 Å². The Balaban J connectivity index is 2.16. The van der Waals surface area contributed by atoms with Crippen LogP contribution in [0.3, 0.4) is 0 Å². The summed E-state index contributed by atoms with van der Waals surface area (Å²) in [6.07, 6.45) is 2.20. The highest BCUT2D eigenvalue weighted by Crippen LogP contribution is 2.17. The highest BCUT2D eigenvalue weighted by molar-refractivity contribution is 5.90. The third-order valence-corrected chi connectivity index (χ3v) is 2.33. The van der Waals surface area contributed by atoms with Crippen LogP contribution in [-0.2, 0) is 0 Å². The molecule has 0 saturated heterocycles. The topological polar surface area (TPSA) is 72.1 Å². The molecule has 0 aliphatic carbocycles. The molecule has 0 unspecified atom stereocenters. The van der Waals surface area contributed by atoms with Crippen molar-refractivity contribution in [2.45, 2.75) is 6.42 Å². The third kappa shape index (κ3) is 2.16. The van der Waals surface area contributed by atoms with Crippen molar-refractivity contribution < 1.29 is 9.18 Å². The molecular weight excluding hydrogens is 211 g/mol. The van der Waals surface area contributed by atoms with E-state index in [2.05, 4.69) is 10.2 Å². The SMILES string of the molecule is NC(=O)c1ccc(N2CCC=C(F)C2)nn1. The van der Waals surface area contributed by atoms with Gasteiger partial charge in [0.05, 0.1) is 6.54 Å². The molecule has 2 heterocycles. The van der Waals surface area contributed by atoms with E-state index in [1.807, 2.05) is 0 Å². The molecule has 1 aliphatic heterocycles. The van der Waals surface area contributed by atoms with Gasteiger partial charge in [0.15, 0.2) is 11.5 Å². The van der Waals surface area contributed by atoms with Crippen LogP contribution >= 0.6 is 0 Å². The van der Waals surface area contributed by atoms with E-state index in [4.69, 9.17) is 5.73 Å². The molecule has 0 aromatic carbocycles. The average molecular weight is 222 g/mol. The Morgan fingerprint density at radius 3 is 2.81 bits per heavy atom. The zero-order valence-corrected chi connectivity index (χ0v) is 8.56. The number of hydrogen-bond acceptors (Lipinski definition) is 4. The maximum atomic E-state index is 13.0. The summed E-state index contributed by atoms with van der Waals surface area (Å²) in [6.45, 7) is 0.891. The molecule has 1 aromatic rings. The zero-order valence-electron chi connectivity index (χ0n) is 8.56. The molecule has 5 nitrogen and oxygen atoms in total. The number of amides is 1. The van der Waals surface area contributed by atoms with Crippen molar-refractivity contribution in [3.63, 3.8) is 0 Å². The molecular formula is C10H11FN4O. The smallest absolute Gasteiger partial charge is 0.269 e. The van der Waals surface area contributed by atoms with E-state index in [1.165, 1.54) is 6.07 Å². The molecule has 0 bridgehead atoms. The Kier molecular flexibility index (Phi) is 2.80. The maximum absolute atomic E-state index is 13.0. The molecule has 0 fully saturated rings. The molecule has 1 aliphatic rings. The molecule has 6 heteroatoms. The first-order valence-corrected chi connectivity index (χ1v) is 4.90. The minimum atomic E-state index is -0.622. The highest BCUT2D eigenvalue weighted by Gasteiger charge is 2.14. The normalized spacial score (nSPS) is 15.8. The van der Waals surface area contributed by atoms with Crippen LogP contribution in [0.4, 0.5) is 10.2 Å². The summed E-state index contributed by atoms with van der Waals surface area (Å²) < 4.78 is 13.0. The van der Waals surface area contributed by atoms with Crippen LogP contribution in [0.1, 0.15) is 16.9 Å². The summed E-state index contributed by atoms with van der Waals surface area (Å²) in [5.74, 6) is -0.246. The minimum absolute atomic E-state index is 0.108. The number of aromatic nitrogens is 2. The van der Waals surface area contributed by atoms with Crippen LogP contribution in [0, 0.1) is 0 Å². The lowest BCUT2D eigenvalue weighted by atomic mass is 10.2. The van der Waals surface area contributed by atoms with Crippen LogP contribution in [0.5, 0.6) is 0 Å². The quantitative estimate of drug-likeness (QED) is 0.797. The molecule has 2 rings (SSSR count). The van der Waals surface area contributed by atoms with Crippen LogP contribution in [0.25, 0.3) is 0 Å². The number of anilines is 1. The van der Waals surface area contributed by atoms with Gasteiger partial charge in [-0.15, -0.1) is 10.2 Å². The Morgan fingerprint density at radius 2 is 2.25 bits per heavy atom. The van der Waals surface area contributed by atoms with Crippen LogP contribution in [0.2, 0.25) is 0 Å². The van der Waals surface area contributed by atoms with E-state index in [1.54, 1.807) is 17.0 Å². The van der Waals surface area contributed by atoms with Crippen molar-refractivity contribution >= 4 is 11.7 Å². The Labute approximate surface area is 91.8 Å². The molecule has 0 saturated carbocycles. The first kappa shape index (κ1) is 10.5. The van der Waals surface area contributed by atoms with Gasteiger partial charge in [-0.2, -0.15) is 0 Å². The molecule has 1 amide bonds. The molecule has 0 spiro atoms. The number of carbonyl (C=O) groups is 1. The van der Waals surface area contributed by atoms with Gasteiger partial charge in [0.1, 0.15) is 5.83 Å². The number of carbonyl (C=O) groups excluding carboxylic acids is 1. The van der Waals surface area contributed by atoms with Gasteiger partial charge in [0, 0.05) is 6.54 Å². The largest absolute Gasteiger partial charge is 0.364 e. The Morgan fingerprint density at radius 1 is 1.44 bits per heavy atom. The molecule has 2 N–H and O–H groups in total. The fourth-order valence-electron chi connectivity index (χ4n) is 1.52. The second-order valence-electron chi connectivity index (χ2n) is 3.50. The number of rotatable bonds is 2. The summed E-state index contributed by atoms with van der Waals surface area (Å²) in [7, 11) is 0. The fourth-order valence-corrected chi connectivity index (χ4v) is 1.52. The third-order valence-electron chi connectivity index (χ3n) is 2.33. The number of primary amides is 1. The van der Waals surface area contributed by atoms with Crippen LogP contribution in [-0.4, -0.2) is 29.2 Å². The summed E-state index contributed by atoms with van der Waals surface area (Å²) in [4.78, 5) is 12.5. The number of nitrogens with zero attached hydrogens (tertiary/aromatic N) is 3. The first-order chi connectivity index (χ1) is 7.66. The van der Waals surface area contributed by atoms with Gasteiger partial charge in [-0.3, -0.25) is 4.79 Å². The summed E-state index contributed by atoms with van der Waals surface area (Å²) in [6, 6.07) is 3.10. The van der Waals surface area contributed by atoms with Gasteiger partial charge in [-0.25, -0.2) is 4.39 Å². The van der Waals surface area contributed by atoms with Gasteiger partial charge in [-0.1, -0.05) is 0 Å². The lowest BCUT2D eigenvalue weighted by Crippen LogP contribution is -2.30. The van der Waals surface area contributed by atoms with Crippen molar-refractivity contribution in [1.82, 2.24) is 10.2 Å². The zero-order chi connectivity index (χ0) is 11.5. The number of halogens is 1. The fraction of sp³-hybridized carbons (Fsp3) is 0.300. The van der Waals surface area contributed by atoms with Crippen molar-refractivity contribution in [3.8, 4) is 0 Å². The standard InChI is InChI=1S/C10H11FN4O/c11-7-2-1-5-15(6-7)9-4-3-8(10(12)16)13-14-9/h2-4H,1,5-6H2,(H2,12,16). The van der Waals surface area contributed by atoms with E-state index >= 15 is 0 Å². The summed E-state index contributed by atoms with van der Waals surface area (Å²) in [5.41, 5.74) is 5.15. The first-order valence-electron chi connectivity index (χ1n) is 4.90. The van der Waals surface area contributed by atoms with Gasteiger partial charge < -0.3 is 10.6 Å². The lowest BCUT2D eigenvalue weighted by Gasteiger charge is -2.24. The molecule has 0 atom stereocenters. The van der Waals surface area contributed by atoms with Crippen molar-refractivity contribution in [2.24, 2.45) is 5.73 Å². The number of hydrogen-bond donors (Lipinski definition) is 1. The second kappa shape index (κ2) is 4.26. The summed E-state index contributed by atoms with van der Waals surface area (Å²) in [5, 5.41) is 7.51. The summed E-state index contributed by atoms with van der Waals surface area (Å²) >= 11 is 0. The second-order valence-corrected chi connectivity index (χ2v) is 3.50. The van der Waals surface area contributed by atoms with Crippen LogP contribution in [0.15, 0.2) is 24.0 Å². The predicted octanol–water partition coefficient (Wildman–Crippen LogP) is 0.639. The van der Waals surface area contributed by atoms with Crippen molar-refractivity contribution in [3.05, 3.63) is 29.7 Å². The molecule has 16 heavy (non-hydrogen) atoms. The van der Waals surface area contributed by atoms with Crippen molar-refractivity contribution in [1.29, 1.82) is 0 Å². The van der Waals surface area contributed by atoms with E-state index in [0.29, 0.717) is 18.8 Å². The van der Waals surface area contributed by atoms with E-state index in [9.17, 15) is 9.18 Å². The monoisotopic (exact) mass is 222 g/mol. The average Bonchev–Trinajstić information content (AvgIpc) is 2.29. The molecule has 84 valence electrons. The van der Waals surface area contributed by atoms with Gasteiger partial charge in [0.25, 0.3) is 5.91 Å². The van der Waals surface area contributed by atoms with Gasteiger partial charge in [0.2, 0.25) is 0 Å². The van der Waals surface area contributed by atoms with Gasteiger partial charge >= 0.3 is 0 Å². The lowest BCUT2D eigenvalue weighted by molar-refractivity contribution is 0.0994. The Bertz CT molecular complexity index is 429. The highest BCUT2D eigenvalue weighted by atomic mass is 19.1.